The van der Waals surface area contributed by atoms with Crippen LogP contribution in [-0.4, -0.2) is 20.0 Å². The Labute approximate surface area is 138 Å². The number of ketones is 1. The Balaban J connectivity index is 2.02. The van der Waals surface area contributed by atoms with Crippen LogP contribution in [0.1, 0.15) is 44.6 Å². The summed E-state index contributed by atoms with van der Waals surface area (Å²) in [5.41, 5.74) is 0.445. The highest BCUT2D eigenvalue weighted by atomic mass is 32.2. The lowest BCUT2D eigenvalue weighted by Crippen LogP contribution is -2.30. The maximum atomic E-state index is 12.5. The van der Waals surface area contributed by atoms with Gasteiger partial charge in [-0.2, -0.15) is 5.26 Å². The van der Waals surface area contributed by atoms with Crippen LogP contribution < -0.4 is 0 Å². The Bertz CT molecular complexity index is 706. The lowest BCUT2D eigenvalue weighted by molar-refractivity contribution is -0.119. The van der Waals surface area contributed by atoms with Crippen LogP contribution in [0.25, 0.3) is 0 Å². The van der Waals surface area contributed by atoms with E-state index in [1.54, 1.807) is 24.3 Å². The number of nitriles is 1. The highest BCUT2D eigenvalue weighted by molar-refractivity contribution is 7.91. The number of hydrogen-bond donors (Lipinski definition) is 0. The summed E-state index contributed by atoms with van der Waals surface area (Å²) in [5.74, 6) is 0.212. The summed E-state index contributed by atoms with van der Waals surface area (Å²) in [4.78, 5) is 11.7. The summed E-state index contributed by atoms with van der Waals surface area (Å²) < 4.78 is 25.0. The van der Waals surface area contributed by atoms with Gasteiger partial charge in [0.1, 0.15) is 5.78 Å². The van der Waals surface area contributed by atoms with Gasteiger partial charge in [-0.25, -0.2) is 8.42 Å². The summed E-state index contributed by atoms with van der Waals surface area (Å²) in [6.45, 7) is 3.43. The smallest absolute Gasteiger partial charge is 0.178 e. The van der Waals surface area contributed by atoms with E-state index in [1.165, 1.54) is 6.92 Å². The fraction of sp³-hybridized carbons (Fsp3) is 0.556. The van der Waals surface area contributed by atoms with E-state index in [9.17, 15) is 18.5 Å². The summed E-state index contributed by atoms with van der Waals surface area (Å²) in [7, 11) is -3.29. The van der Waals surface area contributed by atoms with E-state index >= 15 is 0 Å². The Morgan fingerprint density at radius 1 is 1.26 bits per heavy atom. The number of Topliss-reactive ketones (excluding diaryl/α,β-unsaturated/α-hetero) is 1. The number of aryl methyl sites for hydroxylation is 1. The molecule has 5 heteroatoms. The molecule has 1 aromatic carbocycles. The number of nitrogens with zero attached hydrogens (tertiary/aromatic N) is 1. The van der Waals surface area contributed by atoms with Gasteiger partial charge < -0.3 is 0 Å². The molecule has 0 amide bonds. The summed E-state index contributed by atoms with van der Waals surface area (Å²) in [5, 5.41) is 9.39. The van der Waals surface area contributed by atoms with Crippen LogP contribution in [0.3, 0.4) is 0 Å². The molecule has 0 unspecified atom stereocenters. The molecule has 23 heavy (non-hydrogen) atoms. The van der Waals surface area contributed by atoms with Gasteiger partial charge in [-0.3, -0.25) is 4.79 Å². The summed E-state index contributed by atoms with van der Waals surface area (Å²) >= 11 is 0. The third-order valence-electron chi connectivity index (χ3n) is 4.72. The van der Waals surface area contributed by atoms with Crippen molar-refractivity contribution in [2.24, 2.45) is 11.3 Å². The standard InChI is InChI=1S/C18H23NO3S/c1-14-3-5-17(6-4-14)23(21,22)12-16-7-9-18(13-19,10-8-16)11-15(2)20/h3-6,16H,7-12H2,1-2H3. The van der Waals surface area contributed by atoms with Crippen molar-refractivity contribution >= 4 is 15.6 Å². The monoisotopic (exact) mass is 333 g/mol. The van der Waals surface area contributed by atoms with Crippen LogP contribution in [0.2, 0.25) is 0 Å². The van der Waals surface area contributed by atoms with E-state index in [0.717, 1.165) is 5.56 Å². The molecule has 124 valence electrons. The minimum Gasteiger partial charge on any atom is -0.300 e. The molecule has 0 N–H and O–H groups in total. The van der Waals surface area contributed by atoms with E-state index in [-0.39, 0.29) is 23.9 Å². The van der Waals surface area contributed by atoms with Crippen molar-refractivity contribution in [3.8, 4) is 6.07 Å². The molecule has 1 aliphatic rings. The summed E-state index contributed by atoms with van der Waals surface area (Å²) in [6, 6.07) is 9.22. The van der Waals surface area contributed by atoms with Gasteiger partial charge >= 0.3 is 0 Å². The molecule has 1 aromatic rings. The van der Waals surface area contributed by atoms with Crippen LogP contribution in [0.4, 0.5) is 0 Å². The quantitative estimate of drug-likeness (QED) is 0.827. The predicted octanol–water partition coefficient (Wildman–Crippen LogP) is 3.45. The first-order chi connectivity index (χ1) is 10.8. The Morgan fingerprint density at radius 2 is 1.83 bits per heavy atom. The van der Waals surface area contributed by atoms with Crippen LogP contribution in [0, 0.1) is 29.6 Å². The molecule has 1 aliphatic carbocycles. The van der Waals surface area contributed by atoms with Crippen LogP contribution in [-0.2, 0) is 14.6 Å². The number of carbonyl (C=O) groups excluding carboxylic acids is 1. The van der Waals surface area contributed by atoms with Gasteiger partial charge in [0.25, 0.3) is 0 Å². The van der Waals surface area contributed by atoms with Gasteiger partial charge in [-0.05, 0) is 57.6 Å². The highest BCUT2D eigenvalue weighted by Gasteiger charge is 2.37. The van der Waals surface area contributed by atoms with E-state index < -0.39 is 15.3 Å². The Kier molecular flexibility index (Phi) is 5.26. The number of hydrogen-bond acceptors (Lipinski definition) is 4. The third kappa shape index (κ3) is 4.42. The molecule has 0 spiro atoms. The normalized spacial score (nSPS) is 24.8. The molecule has 0 aromatic heterocycles. The van der Waals surface area contributed by atoms with Gasteiger partial charge in [-0.1, -0.05) is 17.7 Å². The maximum Gasteiger partial charge on any atom is 0.178 e. The zero-order chi connectivity index (χ0) is 17.1. The fourth-order valence-electron chi connectivity index (χ4n) is 3.35. The van der Waals surface area contributed by atoms with E-state index in [2.05, 4.69) is 6.07 Å². The van der Waals surface area contributed by atoms with Gasteiger partial charge in [0, 0.05) is 6.42 Å². The predicted molar refractivity (Wildman–Crippen MR) is 88.5 cm³/mol. The van der Waals surface area contributed by atoms with Crippen molar-refractivity contribution < 1.29 is 13.2 Å². The van der Waals surface area contributed by atoms with Gasteiger partial charge in [0.15, 0.2) is 9.84 Å². The van der Waals surface area contributed by atoms with Crippen LogP contribution in [0.5, 0.6) is 0 Å². The van der Waals surface area contributed by atoms with E-state index in [1.807, 2.05) is 6.92 Å². The Hall–Kier alpha value is -1.67. The highest BCUT2D eigenvalue weighted by Crippen LogP contribution is 2.42. The first kappa shape index (κ1) is 17.7. The van der Waals surface area contributed by atoms with Crippen molar-refractivity contribution in [1.29, 1.82) is 5.26 Å². The number of benzene rings is 1. The van der Waals surface area contributed by atoms with Crippen LogP contribution in [0.15, 0.2) is 29.2 Å². The fourth-order valence-corrected chi connectivity index (χ4v) is 5.05. The maximum absolute atomic E-state index is 12.5. The molecular formula is C18H23NO3S. The number of carbonyl (C=O) groups is 1. The second kappa shape index (κ2) is 6.84. The zero-order valence-corrected chi connectivity index (χ0v) is 14.5. The lowest BCUT2D eigenvalue weighted by Gasteiger charge is -2.34. The number of rotatable bonds is 5. The van der Waals surface area contributed by atoms with Gasteiger partial charge in [-0.15, -0.1) is 0 Å². The van der Waals surface area contributed by atoms with Crippen molar-refractivity contribution in [2.75, 3.05) is 5.75 Å². The van der Waals surface area contributed by atoms with Gasteiger partial charge in [0.05, 0.1) is 22.1 Å². The molecule has 0 saturated heterocycles. The zero-order valence-electron chi connectivity index (χ0n) is 13.7. The average molecular weight is 333 g/mol. The molecular weight excluding hydrogens is 310 g/mol. The van der Waals surface area contributed by atoms with E-state index in [4.69, 9.17) is 0 Å². The third-order valence-corrected chi connectivity index (χ3v) is 6.62. The van der Waals surface area contributed by atoms with Crippen LogP contribution >= 0.6 is 0 Å². The van der Waals surface area contributed by atoms with Crippen molar-refractivity contribution in [2.45, 2.75) is 50.8 Å². The SMILES string of the molecule is CC(=O)CC1(C#N)CCC(CS(=O)(=O)c2ccc(C)cc2)CC1. The van der Waals surface area contributed by atoms with E-state index in [0.29, 0.717) is 30.6 Å². The van der Waals surface area contributed by atoms with Crippen molar-refractivity contribution in [3.05, 3.63) is 29.8 Å². The topological polar surface area (TPSA) is 75.0 Å². The first-order valence-corrected chi connectivity index (χ1v) is 9.62. The van der Waals surface area contributed by atoms with Crippen molar-refractivity contribution in [1.82, 2.24) is 0 Å². The minimum atomic E-state index is -3.29. The molecule has 0 radical (unpaired) electrons. The molecule has 1 saturated carbocycles. The number of sulfone groups is 1. The largest absolute Gasteiger partial charge is 0.300 e. The lowest BCUT2D eigenvalue weighted by atomic mass is 9.69. The first-order valence-electron chi connectivity index (χ1n) is 7.96. The molecule has 2 rings (SSSR count). The molecule has 0 aliphatic heterocycles. The van der Waals surface area contributed by atoms with Gasteiger partial charge in [0.2, 0.25) is 0 Å². The minimum absolute atomic E-state index is 0.0253. The average Bonchev–Trinajstić information content (AvgIpc) is 2.49. The Morgan fingerprint density at radius 3 is 2.30 bits per heavy atom. The summed E-state index contributed by atoms with van der Waals surface area (Å²) in [6.07, 6.45) is 2.87. The molecule has 0 heterocycles. The molecule has 0 atom stereocenters. The second-order valence-corrected chi connectivity index (χ2v) is 8.84. The van der Waals surface area contributed by atoms with Crippen molar-refractivity contribution in [3.63, 3.8) is 0 Å². The second-order valence-electron chi connectivity index (χ2n) is 6.81. The molecule has 1 fully saturated rings. The molecule has 0 bridgehead atoms. The molecule has 4 nitrogen and oxygen atoms in total.